The molecular formula is C20H27NO2. The molecule has 0 unspecified atom stereocenters. The molecule has 0 aliphatic heterocycles. The number of rotatable bonds is 4. The number of nitrogens with one attached hydrogen (secondary N) is 1. The lowest BCUT2D eigenvalue weighted by atomic mass is 9.54. The molecule has 3 heteroatoms. The van der Waals surface area contributed by atoms with E-state index < -0.39 is 0 Å². The Morgan fingerprint density at radius 2 is 1.78 bits per heavy atom. The molecule has 1 aromatic rings. The van der Waals surface area contributed by atoms with Crippen LogP contribution in [0.3, 0.4) is 0 Å². The number of hydrogen-bond acceptors (Lipinski definition) is 2. The Bertz CT molecular complexity index is 582. The fourth-order valence-corrected chi connectivity index (χ4v) is 5.56. The van der Waals surface area contributed by atoms with Crippen LogP contribution in [0.1, 0.15) is 43.2 Å². The molecule has 4 aliphatic carbocycles. The highest BCUT2D eigenvalue weighted by Gasteiger charge is 2.48. The number of carbonyl (C=O) groups excluding carboxylic acids is 1. The first kappa shape index (κ1) is 15.0. The van der Waals surface area contributed by atoms with Crippen molar-refractivity contribution >= 4 is 5.91 Å². The summed E-state index contributed by atoms with van der Waals surface area (Å²) in [6.45, 7) is 2.03. The molecule has 4 saturated carbocycles. The van der Waals surface area contributed by atoms with Crippen LogP contribution in [0.2, 0.25) is 0 Å². The zero-order valence-electron chi connectivity index (χ0n) is 14.2. The monoisotopic (exact) mass is 313 g/mol. The van der Waals surface area contributed by atoms with Crippen LogP contribution in [0.5, 0.6) is 5.75 Å². The summed E-state index contributed by atoms with van der Waals surface area (Å²) in [6, 6.07) is 6.49. The van der Waals surface area contributed by atoms with E-state index in [9.17, 15) is 4.79 Å². The minimum absolute atomic E-state index is 0.174. The van der Waals surface area contributed by atoms with Crippen LogP contribution in [0, 0.1) is 30.6 Å². The molecule has 23 heavy (non-hydrogen) atoms. The quantitative estimate of drug-likeness (QED) is 0.924. The SMILES string of the molecule is COc1cc(CC(=O)NC2C3CC4CC(C3)CC2C4)ccc1C. The largest absolute Gasteiger partial charge is 0.496 e. The average molecular weight is 313 g/mol. The number of carbonyl (C=O) groups is 1. The van der Waals surface area contributed by atoms with Gasteiger partial charge in [-0.25, -0.2) is 0 Å². The average Bonchev–Trinajstić information content (AvgIpc) is 2.52. The van der Waals surface area contributed by atoms with Crippen LogP contribution < -0.4 is 10.1 Å². The second kappa shape index (κ2) is 5.85. The van der Waals surface area contributed by atoms with Crippen molar-refractivity contribution in [2.75, 3.05) is 7.11 Å². The second-order valence-corrected chi connectivity index (χ2v) is 8.00. The van der Waals surface area contributed by atoms with Gasteiger partial charge in [0.25, 0.3) is 0 Å². The van der Waals surface area contributed by atoms with Crippen molar-refractivity contribution < 1.29 is 9.53 Å². The summed E-state index contributed by atoms with van der Waals surface area (Å²) in [5, 5.41) is 3.38. The Labute approximate surface area is 138 Å². The third kappa shape index (κ3) is 2.86. The van der Waals surface area contributed by atoms with Crippen LogP contribution in [0.4, 0.5) is 0 Å². The van der Waals surface area contributed by atoms with Crippen LogP contribution in [0.15, 0.2) is 18.2 Å². The number of methoxy groups -OCH3 is 1. The Morgan fingerprint density at radius 3 is 2.39 bits per heavy atom. The van der Waals surface area contributed by atoms with E-state index in [4.69, 9.17) is 4.74 Å². The molecule has 4 aliphatic rings. The van der Waals surface area contributed by atoms with E-state index in [0.29, 0.717) is 12.5 Å². The van der Waals surface area contributed by atoms with Gasteiger partial charge in [-0.1, -0.05) is 12.1 Å². The predicted octanol–water partition coefficient (Wildman–Crippen LogP) is 3.49. The Kier molecular flexibility index (Phi) is 3.82. The molecular weight excluding hydrogens is 286 g/mol. The number of amides is 1. The van der Waals surface area contributed by atoms with Crippen LogP contribution in [0.25, 0.3) is 0 Å². The molecule has 4 bridgehead atoms. The molecule has 0 aromatic heterocycles. The first-order valence-corrected chi connectivity index (χ1v) is 9.05. The summed E-state index contributed by atoms with van der Waals surface area (Å²) in [5.74, 6) is 4.42. The minimum Gasteiger partial charge on any atom is -0.496 e. The van der Waals surface area contributed by atoms with Crippen LogP contribution in [-0.2, 0) is 11.2 Å². The molecule has 0 heterocycles. The fraction of sp³-hybridized carbons (Fsp3) is 0.650. The van der Waals surface area contributed by atoms with Gasteiger partial charge in [-0.15, -0.1) is 0 Å². The lowest BCUT2D eigenvalue weighted by Crippen LogP contribution is -2.56. The molecule has 1 amide bonds. The second-order valence-electron chi connectivity index (χ2n) is 8.00. The van der Waals surface area contributed by atoms with Gasteiger partial charge in [0, 0.05) is 6.04 Å². The summed E-state index contributed by atoms with van der Waals surface area (Å²) in [4.78, 5) is 12.5. The maximum Gasteiger partial charge on any atom is 0.224 e. The highest BCUT2D eigenvalue weighted by atomic mass is 16.5. The standard InChI is InChI=1S/C20H27NO2/c1-12-3-4-13(10-18(12)23-2)11-19(22)21-20-16-6-14-5-15(8-16)9-17(20)7-14/h3-4,10,14-17,20H,5-9,11H2,1-2H3,(H,21,22). The van der Waals surface area contributed by atoms with Gasteiger partial charge in [0.15, 0.2) is 0 Å². The number of ether oxygens (including phenoxy) is 1. The molecule has 3 nitrogen and oxygen atoms in total. The smallest absolute Gasteiger partial charge is 0.224 e. The lowest BCUT2D eigenvalue weighted by Gasteiger charge is -2.54. The Balaban J connectivity index is 1.40. The minimum atomic E-state index is 0.174. The molecule has 0 radical (unpaired) electrons. The Morgan fingerprint density at radius 1 is 1.13 bits per heavy atom. The number of hydrogen-bond donors (Lipinski definition) is 1. The molecule has 0 atom stereocenters. The van der Waals surface area contributed by atoms with E-state index in [1.54, 1.807) is 7.11 Å². The van der Waals surface area contributed by atoms with Gasteiger partial charge in [0.2, 0.25) is 5.91 Å². The lowest BCUT2D eigenvalue weighted by molar-refractivity contribution is -0.124. The van der Waals surface area contributed by atoms with E-state index in [1.165, 1.54) is 32.1 Å². The van der Waals surface area contributed by atoms with Crippen LogP contribution >= 0.6 is 0 Å². The number of aryl methyl sites for hydroxylation is 1. The third-order valence-electron chi connectivity index (χ3n) is 6.39. The molecule has 1 aromatic carbocycles. The van der Waals surface area contributed by atoms with E-state index in [2.05, 4.69) is 5.32 Å². The molecule has 4 fully saturated rings. The van der Waals surface area contributed by atoms with E-state index in [0.717, 1.165) is 40.5 Å². The van der Waals surface area contributed by atoms with Crippen molar-refractivity contribution in [3.8, 4) is 5.75 Å². The van der Waals surface area contributed by atoms with Gasteiger partial charge < -0.3 is 10.1 Å². The van der Waals surface area contributed by atoms with Crippen molar-refractivity contribution in [3.63, 3.8) is 0 Å². The van der Waals surface area contributed by atoms with Gasteiger partial charge >= 0.3 is 0 Å². The fourth-order valence-electron chi connectivity index (χ4n) is 5.56. The molecule has 124 valence electrons. The molecule has 5 rings (SSSR count). The zero-order chi connectivity index (χ0) is 16.0. The van der Waals surface area contributed by atoms with Crippen molar-refractivity contribution in [2.45, 2.75) is 51.5 Å². The maximum absolute atomic E-state index is 12.5. The summed E-state index contributed by atoms with van der Waals surface area (Å²) in [7, 11) is 1.68. The molecule has 0 spiro atoms. The summed E-state index contributed by atoms with van der Waals surface area (Å²) in [5.41, 5.74) is 2.14. The van der Waals surface area contributed by atoms with Gasteiger partial charge in [-0.2, -0.15) is 0 Å². The van der Waals surface area contributed by atoms with Gasteiger partial charge in [0.1, 0.15) is 5.75 Å². The predicted molar refractivity (Wildman–Crippen MR) is 90.4 cm³/mol. The number of benzene rings is 1. The van der Waals surface area contributed by atoms with E-state index in [-0.39, 0.29) is 5.91 Å². The highest BCUT2D eigenvalue weighted by Crippen LogP contribution is 2.53. The molecule has 0 saturated heterocycles. The van der Waals surface area contributed by atoms with Gasteiger partial charge in [0.05, 0.1) is 13.5 Å². The van der Waals surface area contributed by atoms with Crippen LogP contribution in [-0.4, -0.2) is 19.1 Å². The van der Waals surface area contributed by atoms with Crippen molar-refractivity contribution in [1.29, 1.82) is 0 Å². The Hall–Kier alpha value is -1.51. The highest BCUT2D eigenvalue weighted by molar-refractivity contribution is 5.79. The summed E-state index contributed by atoms with van der Waals surface area (Å²) < 4.78 is 5.36. The zero-order valence-corrected chi connectivity index (χ0v) is 14.2. The van der Waals surface area contributed by atoms with Crippen molar-refractivity contribution in [1.82, 2.24) is 5.32 Å². The normalized spacial score (nSPS) is 34.4. The van der Waals surface area contributed by atoms with E-state index in [1.807, 2.05) is 25.1 Å². The summed E-state index contributed by atoms with van der Waals surface area (Å²) in [6.07, 6.45) is 7.29. The molecule has 1 N–H and O–H groups in total. The topological polar surface area (TPSA) is 38.3 Å². The van der Waals surface area contributed by atoms with Crippen molar-refractivity contribution in [2.24, 2.45) is 23.7 Å². The van der Waals surface area contributed by atoms with E-state index >= 15 is 0 Å². The maximum atomic E-state index is 12.5. The summed E-state index contributed by atoms with van der Waals surface area (Å²) >= 11 is 0. The van der Waals surface area contributed by atoms with Gasteiger partial charge in [-0.3, -0.25) is 4.79 Å². The van der Waals surface area contributed by atoms with Crippen molar-refractivity contribution in [3.05, 3.63) is 29.3 Å². The first-order valence-electron chi connectivity index (χ1n) is 9.05. The third-order valence-corrected chi connectivity index (χ3v) is 6.39. The van der Waals surface area contributed by atoms with Gasteiger partial charge in [-0.05, 0) is 79.9 Å². The first-order chi connectivity index (χ1) is 11.1.